The van der Waals surface area contributed by atoms with Crippen LogP contribution in [0.5, 0.6) is 0 Å². The summed E-state index contributed by atoms with van der Waals surface area (Å²) in [5.41, 5.74) is 0. The fourth-order valence-electron chi connectivity index (χ4n) is 0. The Morgan fingerprint density at radius 1 is 1.43 bits per heavy atom. The summed E-state index contributed by atoms with van der Waals surface area (Å²) < 4.78 is 7.42. The van der Waals surface area contributed by atoms with Gasteiger partial charge in [0.05, 0.1) is 0 Å². The molecule has 44 valence electrons. The Morgan fingerprint density at radius 2 is 1.57 bits per heavy atom. The first-order valence-corrected chi connectivity index (χ1v) is 5.83. The van der Waals surface area contributed by atoms with Crippen molar-refractivity contribution < 1.29 is 0 Å². The zero-order chi connectivity index (χ0) is 6.08. The highest BCUT2D eigenvalue weighted by Gasteiger charge is 2.11. The van der Waals surface area contributed by atoms with Gasteiger partial charge in [0.15, 0.2) is 0 Å². The predicted molar refractivity (Wildman–Crippen MR) is 43.9 cm³/mol. The highest BCUT2D eigenvalue weighted by molar-refractivity contribution is 14.2. The molecule has 0 radical (unpaired) electrons. The highest BCUT2D eigenvalue weighted by Crippen LogP contribution is 2.16. The van der Waals surface area contributed by atoms with Gasteiger partial charge in [-0.2, -0.15) is 0 Å². The monoisotopic (exact) mass is 231 g/mol. The van der Waals surface area contributed by atoms with Crippen molar-refractivity contribution in [3.63, 3.8) is 0 Å². The SMILES string of the molecule is CC(C)(C)S(=N)I. The van der Waals surface area contributed by atoms with E-state index in [0.29, 0.717) is 0 Å². The maximum Gasteiger partial charge on any atom is 0.0275 e. The molecule has 0 amide bonds. The minimum Gasteiger partial charge on any atom is -0.270 e. The third-order valence-corrected chi connectivity index (χ3v) is 5.58. The number of nitrogens with one attached hydrogen (secondary N) is 1. The van der Waals surface area contributed by atoms with E-state index in [0.717, 1.165) is 0 Å². The van der Waals surface area contributed by atoms with Gasteiger partial charge in [0, 0.05) is 26.0 Å². The minimum absolute atomic E-state index is 0.181. The molecule has 0 aliphatic heterocycles. The Kier molecular flexibility index (Phi) is 2.74. The maximum absolute atomic E-state index is 7.24. The van der Waals surface area contributed by atoms with E-state index in [4.69, 9.17) is 4.78 Å². The number of hydrogen-bond acceptors (Lipinski definition) is 1. The molecular weight excluding hydrogens is 221 g/mol. The van der Waals surface area contributed by atoms with Crippen LogP contribution in [0.2, 0.25) is 0 Å². The number of hydrogen-bond donors (Lipinski definition) is 1. The van der Waals surface area contributed by atoms with Gasteiger partial charge in [0.1, 0.15) is 0 Å². The molecule has 0 aromatic rings. The standard InChI is InChI=1S/C4H10INS/c1-4(2,3)7(5)6/h6H,1-3H3. The summed E-state index contributed by atoms with van der Waals surface area (Å²) in [6.45, 7) is 6.24. The first kappa shape index (κ1) is 7.88. The van der Waals surface area contributed by atoms with E-state index in [2.05, 4.69) is 42.0 Å². The van der Waals surface area contributed by atoms with Crippen molar-refractivity contribution in [1.29, 1.82) is 4.78 Å². The minimum atomic E-state index is -0.213. The Hall–Kier alpha value is 0.880. The molecule has 0 saturated heterocycles. The van der Waals surface area contributed by atoms with Crippen molar-refractivity contribution in [1.82, 2.24) is 0 Å². The lowest BCUT2D eigenvalue weighted by atomic mass is 10.3. The van der Waals surface area contributed by atoms with Crippen LogP contribution in [0.4, 0.5) is 0 Å². The molecule has 0 aliphatic carbocycles. The molecule has 0 spiro atoms. The summed E-state index contributed by atoms with van der Waals surface area (Å²) in [5.74, 6) is 0. The van der Waals surface area contributed by atoms with Gasteiger partial charge in [-0.25, -0.2) is 0 Å². The van der Waals surface area contributed by atoms with E-state index >= 15 is 0 Å². The third kappa shape index (κ3) is 3.46. The molecular formula is C4H10INS. The quantitative estimate of drug-likeness (QED) is 0.619. The molecule has 1 atom stereocenters. The molecule has 0 saturated carbocycles. The van der Waals surface area contributed by atoms with Crippen molar-refractivity contribution >= 4 is 29.1 Å². The zero-order valence-corrected chi connectivity index (χ0v) is 7.76. The molecule has 0 bridgehead atoms. The molecule has 0 aromatic heterocycles. The highest BCUT2D eigenvalue weighted by atomic mass is 127. The molecule has 7 heavy (non-hydrogen) atoms. The van der Waals surface area contributed by atoms with Crippen LogP contribution in [-0.2, 0) is 7.86 Å². The predicted octanol–water partition coefficient (Wildman–Crippen LogP) is 2.52. The van der Waals surface area contributed by atoms with Crippen molar-refractivity contribution in [3.8, 4) is 0 Å². The van der Waals surface area contributed by atoms with Gasteiger partial charge in [0.2, 0.25) is 0 Å². The average Bonchev–Trinajstić information content (AvgIpc) is 1.31. The lowest BCUT2D eigenvalue weighted by Crippen LogP contribution is -2.14. The van der Waals surface area contributed by atoms with E-state index in [1.165, 1.54) is 0 Å². The van der Waals surface area contributed by atoms with Crippen molar-refractivity contribution in [2.45, 2.75) is 25.5 Å². The summed E-state index contributed by atoms with van der Waals surface area (Å²) >= 11 is 2.14. The molecule has 0 fully saturated rings. The van der Waals surface area contributed by atoms with Gasteiger partial charge in [0.25, 0.3) is 0 Å². The van der Waals surface area contributed by atoms with Crippen LogP contribution in [0.3, 0.4) is 0 Å². The summed E-state index contributed by atoms with van der Waals surface area (Å²) in [7, 11) is -0.213. The molecule has 0 rings (SSSR count). The first-order chi connectivity index (χ1) is 2.94. The van der Waals surface area contributed by atoms with E-state index in [1.54, 1.807) is 0 Å². The van der Waals surface area contributed by atoms with Gasteiger partial charge >= 0.3 is 0 Å². The van der Waals surface area contributed by atoms with Crippen LogP contribution in [0.15, 0.2) is 0 Å². The Morgan fingerprint density at radius 3 is 1.57 bits per heavy atom. The van der Waals surface area contributed by atoms with E-state index in [9.17, 15) is 0 Å². The van der Waals surface area contributed by atoms with Gasteiger partial charge in [-0.15, -0.1) is 0 Å². The van der Waals surface area contributed by atoms with Crippen LogP contribution in [0.25, 0.3) is 0 Å². The van der Waals surface area contributed by atoms with Crippen LogP contribution >= 0.6 is 21.2 Å². The summed E-state index contributed by atoms with van der Waals surface area (Å²) in [6, 6.07) is 0. The second-order valence-corrected chi connectivity index (χ2v) is 6.75. The smallest absolute Gasteiger partial charge is 0.0275 e. The fourth-order valence-corrected chi connectivity index (χ4v) is 0. The van der Waals surface area contributed by atoms with Crippen molar-refractivity contribution in [3.05, 3.63) is 0 Å². The zero-order valence-electron chi connectivity index (χ0n) is 4.79. The van der Waals surface area contributed by atoms with Gasteiger partial charge in [-0.3, -0.25) is 4.78 Å². The molecule has 1 N–H and O–H groups in total. The molecule has 0 heterocycles. The van der Waals surface area contributed by atoms with E-state index < -0.39 is 0 Å². The van der Waals surface area contributed by atoms with E-state index in [-0.39, 0.29) is 12.6 Å². The molecule has 0 aromatic carbocycles. The van der Waals surface area contributed by atoms with Gasteiger partial charge < -0.3 is 0 Å². The van der Waals surface area contributed by atoms with Crippen LogP contribution in [0, 0.1) is 4.78 Å². The molecule has 0 aliphatic rings. The Labute approximate surface area is 59.4 Å². The fraction of sp³-hybridized carbons (Fsp3) is 1.00. The van der Waals surface area contributed by atoms with Crippen molar-refractivity contribution in [2.24, 2.45) is 0 Å². The molecule has 1 unspecified atom stereocenters. The number of halogens is 1. The topological polar surface area (TPSA) is 23.9 Å². The lowest BCUT2D eigenvalue weighted by molar-refractivity contribution is 0.802. The summed E-state index contributed by atoms with van der Waals surface area (Å²) in [5, 5.41) is 0. The van der Waals surface area contributed by atoms with Crippen LogP contribution < -0.4 is 0 Å². The summed E-state index contributed by atoms with van der Waals surface area (Å²) in [4.78, 5) is 0. The van der Waals surface area contributed by atoms with Gasteiger partial charge in [-0.05, 0) is 28.6 Å². The average molecular weight is 231 g/mol. The van der Waals surface area contributed by atoms with Crippen LogP contribution in [-0.4, -0.2) is 4.75 Å². The summed E-state index contributed by atoms with van der Waals surface area (Å²) in [6.07, 6.45) is 0. The Balaban J connectivity index is 3.79. The molecule has 1 nitrogen and oxygen atoms in total. The normalized spacial score (nSPS) is 16.6. The largest absolute Gasteiger partial charge is 0.270 e. The van der Waals surface area contributed by atoms with Crippen molar-refractivity contribution in [2.75, 3.05) is 0 Å². The first-order valence-electron chi connectivity index (χ1n) is 2.06. The molecule has 3 heteroatoms. The van der Waals surface area contributed by atoms with Crippen LogP contribution in [0.1, 0.15) is 20.8 Å². The van der Waals surface area contributed by atoms with E-state index in [1.807, 2.05) is 0 Å². The number of rotatable bonds is 0. The lowest BCUT2D eigenvalue weighted by Gasteiger charge is -2.14. The second-order valence-electron chi connectivity index (χ2n) is 2.37. The Bertz CT molecular complexity index is 84.2. The van der Waals surface area contributed by atoms with Gasteiger partial charge in [-0.1, -0.05) is 0 Å². The maximum atomic E-state index is 7.24. The third-order valence-electron chi connectivity index (χ3n) is 0.538. The second kappa shape index (κ2) is 2.44.